The molecule has 1 atom stereocenters. The van der Waals surface area contributed by atoms with E-state index < -0.39 is 5.97 Å². The Morgan fingerprint density at radius 1 is 1.39 bits per heavy atom. The van der Waals surface area contributed by atoms with E-state index in [2.05, 4.69) is 4.98 Å². The maximum Gasteiger partial charge on any atom is 0.305 e. The number of benzene rings is 1. The van der Waals surface area contributed by atoms with E-state index in [1.807, 2.05) is 24.3 Å². The molecule has 1 aromatic heterocycles. The number of rotatable bonds is 5. The number of carbonyl (C=O) groups is 2. The van der Waals surface area contributed by atoms with Gasteiger partial charge in [-0.2, -0.15) is 11.8 Å². The molecule has 2 aromatic rings. The Hall–Kier alpha value is -2.02. The molecule has 1 fully saturated rings. The zero-order valence-electron chi connectivity index (χ0n) is 12.6. The van der Waals surface area contributed by atoms with Crippen molar-refractivity contribution in [2.45, 2.75) is 25.3 Å². The molecule has 3 rings (SSSR count). The van der Waals surface area contributed by atoms with Gasteiger partial charge in [0, 0.05) is 30.9 Å². The Balaban J connectivity index is 1.62. The monoisotopic (exact) mass is 334 g/mol. The molecular weight excluding hydrogens is 316 g/mol. The van der Waals surface area contributed by atoms with E-state index >= 15 is 0 Å². The van der Waals surface area contributed by atoms with Crippen LogP contribution in [0.25, 0.3) is 11.1 Å². The van der Waals surface area contributed by atoms with Crippen LogP contribution >= 0.6 is 11.8 Å². The van der Waals surface area contributed by atoms with Crippen LogP contribution < -0.4 is 0 Å². The number of aliphatic carboxylic acids is 1. The first kappa shape index (κ1) is 15.9. The van der Waals surface area contributed by atoms with E-state index in [9.17, 15) is 9.59 Å². The van der Waals surface area contributed by atoms with E-state index in [0.29, 0.717) is 30.2 Å². The molecule has 6 nitrogen and oxygen atoms in total. The smallest absolute Gasteiger partial charge is 0.305 e. The Kier molecular flexibility index (Phi) is 4.85. The number of oxazole rings is 1. The minimum Gasteiger partial charge on any atom is -0.481 e. The number of hydrogen-bond donors (Lipinski definition) is 1. The Labute approximate surface area is 137 Å². The third kappa shape index (κ3) is 3.85. The van der Waals surface area contributed by atoms with Gasteiger partial charge in [0.2, 0.25) is 5.91 Å². The van der Waals surface area contributed by atoms with Crippen molar-refractivity contribution < 1.29 is 19.1 Å². The molecule has 122 valence electrons. The number of carboxylic acid groups (broad SMARTS) is 1. The predicted molar refractivity (Wildman–Crippen MR) is 87.4 cm³/mol. The molecule has 0 aliphatic carbocycles. The lowest BCUT2D eigenvalue weighted by atomic mass is 10.1. The van der Waals surface area contributed by atoms with Crippen molar-refractivity contribution in [1.82, 2.24) is 9.88 Å². The van der Waals surface area contributed by atoms with Gasteiger partial charge >= 0.3 is 5.97 Å². The third-order valence-corrected chi connectivity index (χ3v) is 4.94. The lowest BCUT2D eigenvalue weighted by molar-refractivity contribution is -0.140. The van der Waals surface area contributed by atoms with Crippen molar-refractivity contribution in [2.24, 2.45) is 0 Å². The van der Waals surface area contributed by atoms with Crippen molar-refractivity contribution in [2.75, 3.05) is 18.1 Å². The van der Waals surface area contributed by atoms with Crippen LogP contribution in [0.5, 0.6) is 0 Å². The van der Waals surface area contributed by atoms with Gasteiger partial charge in [0.25, 0.3) is 0 Å². The molecular formula is C16H18N2O4S. The second-order valence-corrected chi connectivity index (χ2v) is 6.64. The quantitative estimate of drug-likeness (QED) is 0.902. The molecule has 1 unspecified atom stereocenters. The molecule has 23 heavy (non-hydrogen) atoms. The van der Waals surface area contributed by atoms with Gasteiger partial charge in [-0.05, 0) is 12.1 Å². The molecule has 1 N–H and O–H groups in total. The molecule has 2 heterocycles. The van der Waals surface area contributed by atoms with Crippen LogP contribution in [-0.4, -0.2) is 51.0 Å². The molecule has 0 bridgehead atoms. The Morgan fingerprint density at radius 3 is 3.00 bits per heavy atom. The van der Waals surface area contributed by atoms with Gasteiger partial charge < -0.3 is 14.4 Å². The second kappa shape index (κ2) is 7.04. The molecule has 0 spiro atoms. The first-order valence-corrected chi connectivity index (χ1v) is 8.72. The predicted octanol–water partition coefficient (Wildman–Crippen LogP) is 2.18. The highest BCUT2D eigenvalue weighted by Crippen LogP contribution is 2.21. The molecule has 1 saturated heterocycles. The number of amides is 1. The number of aryl methyl sites for hydroxylation is 1. The summed E-state index contributed by atoms with van der Waals surface area (Å²) >= 11 is 1.70. The summed E-state index contributed by atoms with van der Waals surface area (Å²) in [5, 5.41) is 8.98. The number of aromatic nitrogens is 1. The fourth-order valence-electron chi connectivity index (χ4n) is 2.74. The summed E-state index contributed by atoms with van der Waals surface area (Å²) in [6.45, 7) is 0.606. The summed E-state index contributed by atoms with van der Waals surface area (Å²) in [6, 6.07) is 7.27. The highest BCUT2D eigenvalue weighted by atomic mass is 32.2. The van der Waals surface area contributed by atoms with E-state index in [1.165, 1.54) is 0 Å². The highest BCUT2D eigenvalue weighted by Gasteiger charge is 2.28. The van der Waals surface area contributed by atoms with Gasteiger partial charge in [-0.1, -0.05) is 12.1 Å². The van der Waals surface area contributed by atoms with Crippen LogP contribution in [0.4, 0.5) is 0 Å². The topological polar surface area (TPSA) is 83.6 Å². The zero-order chi connectivity index (χ0) is 16.2. The summed E-state index contributed by atoms with van der Waals surface area (Å²) < 4.78 is 5.62. The minimum absolute atomic E-state index is 0.00161. The highest BCUT2D eigenvalue weighted by molar-refractivity contribution is 7.99. The van der Waals surface area contributed by atoms with Gasteiger partial charge in [0.1, 0.15) is 5.52 Å². The molecule has 1 aliphatic heterocycles. The number of hydrogen-bond acceptors (Lipinski definition) is 5. The van der Waals surface area contributed by atoms with Gasteiger partial charge in [-0.3, -0.25) is 9.59 Å². The molecule has 0 saturated carbocycles. The summed E-state index contributed by atoms with van der Waals surface area (Å²) in [7, 11) is 0. The molecule has 1 aliphatic rings. The minimum atomic E-state index is -0.866. The average molecular weight is 334 g/mol. The van der Waals surface area contributed by atoms with E-state index in [1.54, 1.807) is 16.7 Å². The van der Waals surface area contributed by atoms with Crippen LogP contribution in [0.2, 0.25) is 0 Å². The molecule has 1 aromatic carbocycles. The Morgan fingerprint density at radius 2 is 2.22 bits per heavy atom. The van der Waals surface area contributed by atoms with E-state index in [0.717, 1.165) is 11.3 Å². The number of carbonyl (C=O) groups excluding carboxylic acids is 1. The lowest BCUT2D eigenvalue weighted by Gasteiger charge is -2.34. The van der Waals surface area contributed by atoms with Crippen LogP contribution in [-0.2, 0) is 16.0 Å². The van der Waals surface area contributed by atoms with Crippen LogP contribution in [0, 0.1) is 0 Å². The van der Waals surface area contributed by atoms with Gasteiger partial charge in [0.05, 0.1) is 12.5 Å². The van der Waals surface area contributed by atoms with Gasteiger partial charge in [0.15, 0.2) is 11.5 Å². The van der Waals surface area contributed by atoms with E-state index in [-0.39, 0.29) is 24.8 Å². The molecule has 1 amide bonds. The molecule has 7 heteroatoms. The zero-order valence-corrected chi connectivity index (χ0v) is 13.4. The SMILES string of the molecule is O=C(O)CC1CSCCN1C(=O)CCc1nc2ccccc2o1. The number of carboxylic acids is 1. The summed E-state index contributed by atoms with van der Waals surface area (Å²) in [5.74, 6) is 1.18. The second-order valence-electron chi connectivity index (χ2n) is 5.49. The number of nitrogens with zero attached hydrogens (tertiary/aromatic N) is 2. The van der Waals surface area contributed by atoms with Crippen molar-refractivity contribution >= 4 is 34.7 Å². The fourth-order valence-corrected chi connectivity index (χ4v) is 3.80. The standard InChI is InChI=1S/C16H18N2O4S/c19-15(18-7-8-23-10-11(18)9-16(20)21)6-5-14-17-12-3-1-2-4-13(12)22-14/h1-4,11H,5-10H2,(H,20,21). The number of thioether (sulfide) groups is 1. The Bertz CT molecular complexity index is 682. The maximum absolute atomic E-state index is 12.4. The first-order valence-electron chi connectivity index (χ1n) is 7.57. The van der Waals surface area contributed by atoms with Crippen molar-refractivity contribution in [3.63, 3.8) is 0 Å². The van der Waals surface area contributed by atoms with Crippen molar-refractivity contribution in [3.05, 3.63) is 30.2 Å². The number of para-hydroxylation sites is 2. The summed E-state index contributed by atoms with van der Waals surface area (Å²) in [4.78, 5) is 29.4. The van der Waals surface area contributed by atoms with E-state index in [4.69, 9.17) is 9.52 Å². The largest absolute Gasteiger partial charge is 0.481 e. The summed E-state index contributed by atoms with van der Waals surface area (Å²) in [6.07, 6.45) is 0.714. The summed E-state index contributed by atoms with van der Waals surface area (Å²) in [5.41, 5.74) is 1.50. The van der Waals surface area contributed by atoms with Gasteiger partial charge in [-0.25, -0.2) is 4.98 Å². The first-order chi connectivity index (χ1) is 11.1. The number of fused-ring (bicyclic) bond motifs is 1. The third-order valence-electron chi connectivity index (χ3n) is 3.85. The van der Waals surface area contributed by atoms with Crippen LogP contribution in [0.15, 0.2) is 28.7 Å². The average Bonchev–Trinajstić information content (AvgIpc) is 2.95. The molecule has 0 radical (unpaired) electrons. The van der Waals surface area contributed by atoms with Crippen LogP contribution in [0.3, 0.4) is 0 Å². The fraction of sp³-hybridized carbons (Fsp3) is 0.438. The van der Waals surface area contributed by atoms with Gasteiger partial charge in [-0.15, -0.1) is 0 Å². The van der Waals surface area contributed by atoms with Crippen molar-refractivity contribution in [1.29, 1.82) is 0 Å². The normalized spacial score (nSPS) is 18.3. The van der Waals surface area contributed by atoms with Crippen molar-refractivity contribution in [3.8, 4) is 0 Å². The van der Waals surface area contributed by atoms with Crippen LogP contribution in [0.1, 0.15) is 18.7 Å². The maximum atomic E-state index is 12.4. The lowest BCUT2D eigenvalue weighted by Crippen LogP contribution is -2.47.